The van der Waals surface area contributed by atoms with Crippen LogP contribution in [0, 0.1) is 0 Å². The fourth-order valence-corrected chi connectivity index (χ4v) is 4.62. The monoisotopic (exact) mass is 544 g/mol. The van der Waals surface area contributed by atoms with Crippen molar-refractivity contribution in [2.45, 2.75) is 12.1 Å². The molecular weight excluding hydrogens is 531 g/mol. The van der Waals surface area contributed by atoms with E-state index < -0.39 is 0 Å². The van der Waals surface area contributed by atoms with E-state index in [1.807, 2.05) is 66.1 Å². The van der Waals surface area contributed by atoms with E-state index in [1.165, 1.54) is 0 Å². The van der Waals surface area contributed by atoms with Gasteiger partial charge >= 0.3 is 0 Å². The topological polar surface area (TPSA) is 33.4 Å². The Bertz CT molecular complexity index is 1270. The first kappa shape index (κ1) is 21.5. The van der Waals surface area contributed by atoms with Gasteiger partial charge in [-0.25, -0.2) is 4.98 Å². The number of nitrogens with zero attached hydrogens (tertiary/aromatic N) is 4. The molecule has 1 aliphatic heterocycles. The van der Waals surface area contributed by atoms with Crippen molar-refractivity contribution >= 4 is 62.1 Å². The van der Waals surface area contributed by atoms with Crippen molar-refractivity contribution in [1.82, 2.24) is 9.55 Å². The SMILES string of the molecule is Clc1ccc([C@H]2[C@H](n3ccnc3)C(c3ccc(Br)cc3)=NN2c2ccc(Cl)c(Cl)c2)cc1. The molecule has 8 heteroatoms. The average molecular weight is 547 g/mol. The maximum Gasteiger partial charge on any atom is 0.106 e. The summed E-state index contributed by atoms with van der Waals surface area (Å²) < 4.78 is 3.09. The van der Waals surface area contributed by atoms with Gasteiger partial charge in [0.05, 0.1) is 27.8 Å². The first-order valence-corrected chi connectivity index (χ1v) is 11.8. The zero-order valence-corrected chi connectivity index (χ0v) is 20.4. The van der Waals surface area contributed by atoms with E-state index >= 15 is 0 Å². The van der Waals surface area contributed by atoms with Gasteiger partial charge in [-0.1, -0.05) is 75.0 Å². The minimum Gasteiger partial charge on any atom is -0.326 e. The van der Waals surface area contributed by atoms with Crippen LogP contribution in [0.1, 0.15) is 23.2 Å². The second-order valence-electron chi connectivity index (χ2n) is 7.39. The number of benzene rings is 3. The number of anilines is 1. The highest BCUT2D eigenvalue weighted by atomic mass is 79.9. The van der Waals surface area contributed by atoms with Crippen molar-refractivity contribution in [2.75, 3.05) is 5.01 Å². The molecule has 0 amide bonds. The summed E-state index contributed by atoms with van der Waals surface area (Å²) in [4.78, 5) is 4.30. The maximum atomic E-state index is 6.37. The number of hydrazone groups is 1. The predicted molar refractivity (Wildman–Crippen MR) is 135 cm³/mol. The molecule has 160 valence electrons. The van der Waals surface area contributed by atoms with Gasteiger partial charge in [-0.15, -0.1) is 0 Å². The van der Waals surface area contributed by atoms with Gasteiger partial charge in [0, 0.05) is 27.5 Å². The van der Waals surface area contributed by atoms with Gasteiger partial charge in [-0.3, -0.25) is 5.01 Å². The molecule has 4 aromatic rings. The standard InChI is InChI=1S/C24H16BrCl3N4/c25-17-5-1-15(2-6-17)22-24(31-12-11-29-14-31)23(16-3-7-18(26)8-4-16)32(30-22)19-9-10-20(27)21(28)13-19/h1-14,23-24H/t23-,24+/m0/s1. The second-order valence-corrected chi connectivity index (χ2v) is 9.55. The van der Waals surface area contributed by atoms with Crippen LogP contribution in [0.4, 0.5) is 5.69 Å². The zero-order valence-electron chi connectivity index (χ0n) is 16.5. The van der Waals surface area contributed by atoms with Crippen LogP contribution in [-0.2, 0) is 0 Å². The molecule has 32 heavy (non-hydrogen) atoms. The van der Waals surface area contributed by atoms with E-state index in [9.17, 15) is 0 Å². The first-order valence-electron chi connectivity index (χ1n) is 9.83. The number of imidazole rings is 1. The van der Waals surface area contributed by atoms with Crippen LogP contribution in [0.2, 0.25) is 15.1 Å². The van der Waals surface area contributed by atoms with Crippen LogP contribution < -0.4 is 5.01 Å². The second kappa shape index (κ2) is 8.91. The molecule has 2 atom stereocenters. The zero-order chi connectivity index (χ0) is 22.2. The Hall–Kier alpha value is -2.31. The Labute approximate surface area is 209 Å². The normalized spacial score (nSPS) is 18.1. The van der Waals surface area contributed by atoms with Crippen molar-refractivity contribution in [1.29, 1.82) is 0 Å². The molecule has 1 aliphatic rings. The highest BCUT2D eigenvalue weighted by Crippen LogP contribution is 2.44. The molecule has 0 radical (unpaired) electrons. The molecule has 0 saturated heterocycles. The van der Waals surface area contributed by atoms with Gasteiger partial charge in [-0.2, -0.15) is 5.10 Å². The fourth-order valence-electron chi connectivity index (χ4n) is 3.94. The van der Waals surface area contributed by atoms with E-state index in [1.54, 1.807) is 12.3 Å². The average Bonchev–Trinajstić information content (AvgIpc) is 3.45. The molecule has 1 aromatic heterocycles. The molecule has 0 spiro atoms. The van der Waals surface area contributed by atoms with Crippen molar-refractivity contribution in [3.05, 3.63) is 116 Å². The Balaban J connectivity index is 1.71. The lowest BCUT2D eigenvalue weighted by Crippen LogP contribution is -2.28. The number of hydrogen-bond donors (Lipinski definition) is 0. The van der Waals surface area contributed by atoms with Crippen molar-refractivity contribution in [3.8, 4) is 0 Å². The predicted octanol–water partition coefficient (Wildman–Crippen LogP) is 7.81. The van der Waals surface area contributed by atoms with Crippen LogP contribution in [0.25, 0.3) is 0 Å². The molecule has 0 aliphatic carbocycles. The van der Waals surface area contributed by atoms with Gasteiger partial charge < -0.3 is 4.57 Å². The Morgan fingerprint density at radius 2 is 1.56 bits per heavy atom. The van der Waals surface area contributed by atoms with Crippen molar-refractivity contribution in [2.24, 2.45) is 5.10 Å². The largest absolute Gasteiger partial charge is 0.326 e. The summed E-state index contributed by atoms with van der Waals surface area (Å²) in [6, 6.07) is 21.3. The molecule has 3 aromatic carbocycles. The summed E-state index contributed by atoms with van der Waals surface area (Å²) in [6.07, 6.45) is 5.56. The summed E-state index contributed by atoms with van der Waals surface area (Å²) in [5.74, 6) is 0. The molecule has 0 bridgehead atoms. The summed E-state index contributed by atoms with van der Waals surface area (Å²) in [5, 5.41) is 8.75. The number of halogens is 4. The molecule has 5 rings (SSSR count). The third kappa shape index (κ3) is 4.06. The van der Waals surface area contributed by atoms with Crippen molar-refractivity contribution < 1.29 is 0 Å². The third-order valence-corrected chi connectivity index (χ3v) is 6.94. The number of aromatic nitrogens is 2. The smallest absolute Gasteiger partial charge is 0.106 e. The van der Waals surface area contributed by atoms with Crippen LogP contribution in [0.3, 0.4) is 0 Å². The number of rotatable bonds is 4. The van der Waals surface area contributed by atoms with Gasteiger partial charge in [0.1, 0.15) is 12.1 Å². The van der Waals surface area contributed by atoms with Gasteiger partial charge in [0.2, 0.25) is 0 Å². The summed E-state index contributed by atoms with van der Waals surface area (Å²) in [6.45, 7) is 0. The van der Waals surface area contributed by atoms with Crippen LogP contribution in [-0.4, -0.2) is 15.3 Å². The lowest BCUT2D eigenvalue weighted by Gasteiger charge is -2.29. The summed E-state index contributed by atoms with van der Waals surface area (Å²) >= 11 is 22.3. The summed E-state index contributed by atoms with van der Waals surface area (Å²) in [7, 11) is 0. The van der Waals surface area contributed by atoms with Gasteiger partial charge in [-0.05, 0) is 48.0 Å². The van der Waals surface area contributed by atoms with Crippen LogP contribution in [0.15, 0.2) is 95.0 Å². The fraction of sp³-hybridized carbons (Fsp3) is 0.0833. The van der Waals surface area contributed by atoms with Crippen molar-refractivity contribution in [3.63, 3.8) is 0 Å². The highest BCUT2D eigenvalue weighted by Gasteiger charge is 2.41. The van der Waals surface area contributed by atoms with Gasteiger partial charge in [0.25, 0.3) is 0 Å². The minimum atomic E-state index is -0.155. The molecule has 0 fully saturated rings. The number of hydrogen-bond acceptors (Lipinski definition) is 3. The molecule has 4 nitrogen and oxygen atoms in total. The molecule has 2 heterocycles. The lowest BCUT2D eigenvalue weighted by atomic mass is 9.92. The lowest BCUT2D eigenvalue weighted by molar-refractivity contribution is 0.527. The Morgan fingerprint density at radius 1 is 0.812 bits per heavy atom. The quantitative estimate of drug-likeness (QED) is 0.262. The van der Waals surface area contributed by atoms with Gasteiger partial charge in [0.15, 0.2) is 0 Å². The molecule has 0 unspecified atom stereocenters. The van der Waals surface area contributed by atoms with Crippen LogP contribution >= 0.6 is 50.7 Å². The molecular formula is C24H16BrCl3N4. The highest BCUT2D eigenvalue weighted by molar-refractivity contribution is 9.10. The van der Waals surface area contributed by atoms with E-state index in [0.717, 1.165) is 27.0 Å². The maximum absolute atomic E-state index is 6.37. The summed E-state index contributed by atoms with van der Waals surface area (Å²) in [5.41, 5.74) is 3.85. The van der Waals surface area contributed by atoms with E-state index in [4.69, 9.17) is 39.9 Å². The first-order chi connectivity index (χ1) is 15.5. The molecule has 0 saturated carbocycles. The molecule has 0 N–H and O–H groups in total. The van der Waals surface area contributed by atoms with E-state index in [-0.39, 0.29) is 12.1 Å². The Kier molecular flexibility index (Phi) is 5.99. The van der Waals surface area contributed by atoms with E-state index in [0.29, 0.717) is 15.1 Å². The third-order valence-electron chi connectivity index (χ3n) is 5.42. The minimum absolute atomic E-state index is 0.130. The van der Waals surface area contributed by atoms with E-state index in [2.05, 4.69) is 37.6 Å². The Morgan fingerprint density at radius 3 is 2.22 bits per heavy atom. The van der Waals surface area contributed by atoms with Crippen LogP contribution in [0.5, 0.6) is 0 Å².